The van der Waals surface area contributed by atoms with Crippen LogP contribution in [0.3, 0.4) is 0 Å². The third kappa shape index (κ3) is 3.16. The number of hydrogen-bond acceptors (Lipinski definition) is 6. The van der Waals surface area contributed by atoms with Crippen LogP contribution in [0.1, 0.15) is 19.7 Å². The van der Waals surface area contributed by atoms with Crippen molar-refractivity contribution in [2.75, 3.05) is 11.9 Å². The number of oxazole rings is 1. The van der Waals surface area contributed by atoms with Crippen molar-refractivity contribution in [3.8, 4) is 0 Å². The van der Waals surface area contributed by atoms with Crippen molar-refractivity contribution in [2.45, 2.75) is 30.5 Å². The van der Waals surface area contributed by atoms with Gasteiger partial charge in [0.05, 0.1) is 0 Å². The van der Waals surface area contributed by atoms with Crippen LogP contribution in [-0.4, -0.2) is 21.5 Å². The highest BCUT2D eigenvalue weighted by Crippen LogP contribution is 2.29. The van der Waals surface area contributed by atoms with E-state index in [2.05, 4.69) is 20.3 Å². The lowest BCUT2D eigenvalue weighted by Crippen LogP contribution is -2.03. The van der Waals surface area contributed by atoms with E-state index >= 15 is 0 Å². The predicted octanol–water partition coefficient (Wildman–Crippen LogP) is 3.76. The SMILES string of the molecule is CCNc1cc(Sc2nc3ccccc3o2)nc(CC)n1. The largest absolute Gasteiger partial charge is 0.431 e. The molecule has 2 heterocycles. The van der Waals surface area contributed by atoms with E-state index in [0.29, 0.717) is 5.22 Å². The molecule has 3 rings (SSSR count). The third-order valence-electron chi connectivity index (χ3n) is 2.89. The summed E-state index contributed by atoms with van der Waals surface area (Å²) in [4.78, 5) is 13.4. The second kappa shape index (κ2) is 6.13. The molecule has 0 radical (unpaired) electrons. The molecule has 0 atom stereocenters. The fraction of sp³-hybridized carbons (Fsp3) is 0.267. The predicted molar refractivity (Wildman–Crippen MR) is 83.7 cm³/mol. The number of anilines is 1. The molecular weight excluding hydrogens is 284 g/mol. The highest BCUT2D eigenvalue weighted by Gasteiger charge is 2.10. The van der Waals surface area contributed by atoms with Crippen LogP contribution in [0.5, 0.6) is 0 Å². The van der Waals surface area contributed by atoms with Crippen LogP contribution in [0.2, 0.25) is 0 Å². The van der Waals surface area contributed by atoms with E-state index in [4.69, 9.17) is 4.42 Å². The summed E-state index contributed by atoms with van der Waals surface area (Å²) in [6, 6.07) is 9.65. The first-order valence-corrected chi connectivity index (χ1v) is 7.75. The van der Waals surface area contributed by atoms with Crippen molar-refractivity contribution >= 4 is 28.7 Å². The molecule has 1 N–H and O–H groups in total. The molecule has 1 aromatic carbocycles. The zero-order valence-electron chi connectivity index (χ0n) is 12.0. The summed E-state index contributed by atoms with van der Waals surface area (Å²) in [5, 5.41) is 4.65. The third-order valence-corrected chi connectivity index (χ3v) is 3.66. The quantitative estimate of drug-likeness (QED) is 0.724. The van der Waals surface area contributed by atoms with E-state index in [1.807, 2.05) is 44.2 Å². The molecule has 0 aliphatic heterocycles. The van der Waals surface area contributed by atoms with E-state index in [9.17, 15) is 0 Å². The molecular formula is C15H16N4OS. The van der Waals surface area contributed by atoms with Gasteiger partial charge in [0, 0.05) is 19.0 Å². The molecule has 0 aliphatic carbocycles. The van der Waals surface area contributed by atoms with E-state index in [1.165, 1.54) is 11.8 Å². The number of hydrogen-bond donors (Lipinski definition) is 1. The molecule has 0 aliphatic rings. The Morgan fingerprint density at radius 3 is 2.76 bits per heavy atom. The Kier molecular flexibility index (Phi) is 4.06. The minimum Gasteiger partial charge on any atom is -0.431 e. The van der Waals surface area contributed by atoms with E-state index < -0.39 is 0 Å². The lowest BCUT2D eigenvalue weighted by atomic mass is 10.3. The van der Waals surface area contributed by atoms with E-state index in [-0.39, 0.29) is 0 Å². The van der Waals surface area contributed by atoms with Crippen molar-refractivity contribution < 1.29 is 4.42 Å². The first-order chi connectivity index (χ1) is 10.3. The highest BCUT2D eigenvalue weighted by atomic mass is 32.2. The molecule has 5 nitrogen and oxygen atoms in total. The van der Waals surface area contributed by atoms with Gasteiger partial charge in [0.2, 0.25) is 0 Å². The average molecular weight is 300 g/mol. The molecule has 0 amide bonds. The van der Waals surface area contributed by atoms with Gasteiger partial charge in [-0.1, -0.05) is 19.1 Å². The lowest BCUT2D eigenvalue weighted by Gasteiger charge is -2.06. The van der Waals surface area contributed by atoms with Crippen molar-refractivity contribution in [3.63, 3.8) is 0 Å². The van der Waals surface area contributed by atoms with Gasteiger partial charge in [-0.25, -0.2) is 15.0 Å². The summed E-state index contributed by atoms with van der Waals surface area (Å²) in [7, 11) is 0. The first-order valence-electron chi connectivity index (χ1n) is 6.93. The number of para-hydroxylation sites is 2. The fourth-order valence-corrected chi connectivity index (χ4v) is 2.71. The van der Waals surface area contributed by atoms with Crippen LogP contribution < -0.4 is 5.32 Å². The summed E-state index contributed by atoms with van der Waals surface area (Å²) in [5.74, 6) is 1.65. The molecule has 108 valence electrons. The summed E-state index contributed by atoms with van der Waals surface area (Å²) in [6.07, 6.45) is 0.792. The zero-order chi connectivity index (χ0) is 14.7. The summed E-state index contributed by atoms with van der Waals surface area (Å²) >= 11 is 1.41. The Bertz CT molecular complexity index is 723. The van der Waals surface area contributed by atoms with Crippen LogP contribution in [0.15, 0.2) is 45.0 Å². The Morgan fingerprint density at radius 1 is 1.14 bits per heavy atom. The Hall–Kier alpha value is -2.08. The molecule has 0 fully saturated rings. The van der Waals surface area contributed by atoms with Gasteiger partial charge < -0.3 is 9.73 Å². The van der Waals surface area contributed by atoms with Crippen molar-refractivity contribution in [2.24, 2.45) is 0 Å². The zero-order valence-corrected chi connectivity index (χ0v) is 12.8. The van der Waals surface area contributed by atoms with Gasteiger partial charge in [0.15, 0.2) is 5.58 Å². The van der Waals surface area contributed by atoms with Gasteiger partial charge in [-0.15, -0.1) is 0 Å². The summed E-state index contributed by atoms with van der Waals surface area (Å²) in [5.41, 5.74) is 1.65. The van der Waals surface area contributed by atoms with Gasteiger partial charge in [0.1, 0.15) is 22.2 Å². The van der Waals surface area contributed by atoms with Crippen molar-refractivity contribution in [1.82, 2.24) is 15.0 Å². The second-order valence-electron chi connectivity index (χ2n) is 4.44. The number of fused-ring (bicyclic) bond motifs is 1. The number of nitrogens with zero attached hydrogens (tertiary/aromatic N) is 3. The number of aromatic nitrogens is 3. The topological polar surface area (TPSA) is 63.8 Å². The normalized spacial score (nSPS) is 11.0. The van der Waals surface area contributed by atoms with Crippen LogP contribution >= 0.6 is 11.8 Å². The highest BCUT2D eigenvalue weighted by molar-refractivity contribution is 7.99. The maximum atomic E-state index is 5.72. The molecule has 0 spiro atoms. The molecule has 0 bridgehead atoms. The minimum absolute atomic E-state index is 0.597. The molecule has 0 saturated heterocycles. The van der Waals surface area contributed by atoms with Crippen molar-refractivity contribution in [1.29, 1.82) is 0 Å². The standard InChI is InChI=1S/C15H16N4OS/c1-3-12-18-13(16-4-2)9-14(19-12)21-15-17-10-7-5-6-8-11(10)20-15/h5-9H,3-4H2,1-2H3,(H,16,18,19). The Labute approximate surface area is 127 Å². The Balaban J connectivity index is 1.90. The van der Waals surface area contributed by atoms with E-state index in [1.54, 1.807) is 0 Å². The van der Waals surface area contributed by atoms with Crippen LogP contribution in [0.25, 0.3) is 11.1 Å². The molecule has 2 aromatic heterocycles. The van der Waals surface area contributed by atoms with Gasteiger partial charge >= 0.3 is 0 Å². The number of aryl methyl sites for hydroxylation is 1. The van der Waals surface area contributed by atoms with Gasteiger partial charge in [-0.05, 0) is 30.8 Å². The molecule has 6 heteroatoms. The van der Waals surface area contributed by atoms with Crippen LogP contribution in [0, 0.1) is 0 Å². The van der Waals surface area contributed by atoms with Gasteiger partial charge in [-0.3, -0.25) is 0 Å². The monoisotopic (exact) mass is 300 g/mol. The first kappa shape index (κ1) is 13.9. The molecule has 3 aromatic rings. The molecule has 0 unspecified atom stereocenters. The second-order valence-corrected chi connectivity index (χ2v) is 5.41. The average Bonchev–Trinajstić information content (AvgIpc) is 2.89. The molecule has 0 saturated carbocycles. The number of nitrogens with one attached hydrogen (secondary N) is 1. The maximum Gasteiger partial charge on any atom is 0.263 e. The number of rotatable bonds is 5. The van der Waals surface area contributed by atoms with Gasteiger partial charge in [0.25, 0.3) is 5.22 Å². The van der Waals surface area contributed by atoms with Crippen LogP contribution in [0.4, 0.5) is 5.82 Å². The lowest BCUT2D eigenvalue weighted by molar-refractivity contribution is 0.489. The number of benzene rings is 1. The summed E-state index contributed by atoms with van der Waals surface area (Å²) < 4.78 is 5.72. The molecule has 21 heavy (non-hydrogen) atoms. The fourth-order valence-electron chi connectivity index (χ4n) is 1.94. The maximum absolute atomic E-state index is 5.72. The summed E-state index contributed by atoms with van der Waals surface area (Å²) in [6.45, 7) is 4.91. The van der Waals surface area contributed by atoms with Gasteiger partial charge in [-0.2, -0.15) is 0 Å². The van der Waals surface area contributed by atoms with Crippen LogP contribution in [-0.2, 0) is 6.42 Å². The van der Waals surface area contributed by atoms with E-state index in [0.717, 1.165) is 40.7 Å². The van der Waals surface area contributed by atoms with Crippen molar-refractivity contribution in [3.05, 3.63) is 36.2 Å². The smallest absolute Gasteiger partial charge is 0.263 e. The Morgan fingerprint density at radius 2 is 2.00 bits per heavy atom. The minimum atomic E-state index is 0.597.